The molecule has 0 fully saturated rings. The van der Waals surface area contributed by atoms with Gasteiger partial charge >= 0.3 is 0 Å². The summed E-state index contributed by atoms with van der Waals surface area (Å²) in [6, 6.07) is 7.87. The molecule has 0 heterocycles. The number of methoxy groups -OCH3 is 1. The zero-order valence-corrected chi connectivity index (χ0v) is 14.3. The van der Waals surface area contributed by atoms with Crippen LogP contribution in [0, 0.1) is 11.8 Å². The van der Waals surface area contributed by atoms with Gasteiger partial charge in [0.2, 0.25) is 5.91 Å². The maximum Gasteiger partial charge on any atom is 0.222 e. The Morgan fingerprint density at radius 1 is 1.18 bits per heavy atom. The molecule has 0 saturated carbocycles. The molecular weight excluding hydrogens is 278 g/mol. The standard InChI is InChI=1S/C18H29NO3/c1-12(2)15(19-18(21)11-16(20)13(3)4)10-14-8-6-7-9-17(14)22-5/h6-9,12-13,15-16,20H,10-11H2,1-5H3,(H,19,21). The highest BCUT2D eigenvalue weighted by Gasteiger charge is 2.21. The van der Waals surface area contributed by atoms with Crippen molar-refractivity contribution in [2.24, 2.45) is 11.8 Å². The number of nitrogens with one attached hydrogen (secondary N) is 1. The van der Waals surface area contributed by atoms with Crippen molar-refractivity contribution >= 4 is 5.91 Å². The average molecular weight is 307 g/mol. The predicted octanol–water partition coefficient (Wildman–Crippen LogP) is 2.79. The third kappa shape index (κ3) is 5.68. The van der Waals surface area contributed by atoms with Crippen LogP contribution in [0.15, 0.2) is 24.3 Å². The van der Waals surface area contributed by atoms with Gasteiger partial charge < -0.3 is 15.2 Å². The average Bonchev–Trinajstić information content (AvgIpc) is 2.46. The van der Waals surface area contributed by atoms with E-state index >= 15 is 0 Å². The molecule has 0 aliphatic rings. The van der Waals surface area contributed by atoms with E-state index in [9.17, 15) is 9.90 Å². The van der Waals surface area contributed by atoms with Crippen LogP contribution in [0.2, 0.25) is 0 Å². The summed E-state index contributed by atoms with van der Waals surface area (Å²) in [6.45, 7) is 7.98. The van der Waals surface area contributed by atoms with Crippen molar-refractivity contribution in [1.29, 1.82) is 0 Å². The van der Waals surface area contributed by atoms with E-state index in [0.29, 0.717) is 12.3 Å². The fraction of sp³-hybridized carbons (Fsp3) is 0.611. The fourth-order valence-electron chi connectivity index (χ4n) is 2.25. The molecule has 2 unspecified atom stereocenters. The Morgan fingerprint density at radius 3 is 2.36 bits per heavy atom. The van der Waals surface area contributed by atoms with Gasteiger partial charge in [-0.25, -0.2) is 0 Å². The fourth-order valence-corrected chi connectivity index (χ4v) is 2.25. The summed E-state index contributed by atoms with van der Waals surface area (Å²) in [5, 5.41) is 12.9. The number of para-hydroxylation sites is 1. The van der Waals surface area contributed by atoms with Gasteiger partial charge in [0.15, 0.2) is 0 Å². The molecule has 22 heavy (non-hydrogen) atoms. The number of carbonyl (C=O) groups excluding carboxylic acids is 1. The first kappa shape index (κ1) is 18.5. The van der Waals surface area contributed by atoms with E-state index < -0.39 is 6.10 Å². The second-order valence-corrected chi connectivity index (χ2v) is 6.45. The molecule has 1 aromatic carbocycles. The van der Waals surface area contributed by atoms with Gasteiger partial charge in [0, 0.05) is 6.04 Å². The van der Waals surface area contributed by atoms with Gasteiger partial charge in [-0.05, 0) is 29.9 Å². The van der Waals surface area contributed by atoms with Gasteiger partial charge in [0.1, 0.15) is 5.75 Å². The van der Waals surface area contributed by atoms with Gasteiger partial charge in [-0.15, -0.1) is 0 Å². The first-order valence-corrected chi connectivity index (χ1v) is 7.94. The van der Waals surface area contributed by atoms with Crippen molar-refractivity contribution in [2.45, 2.75) is 52.7 Å². The topological polar surface area (TPSA) is 58.6 Å². The molecule has 0 bridgehead atoms. The smallest absolute Gasteiger partial charge is 0.222 e. The molecule has 1 rings (SSSR count). The summed E-state index contributed by atoms with van der Waals surface area (Å²) in [5.74, 6) is 1.11. The Kier molecular flexibility index (Phi) is 7.39. The molecule has 1 amide bonds. The van der Waals surface area contributed by atoms with Crippen LogP contribution in [0.4, 0.5) is 0 Å². The Morgan fingerprint density at radius 2 is 1.82 bits per heavy atom. The molecule has 4 nitrogen and oxygen atoms in total. The van der Waals surface area contributed by atoms with E-state index in [1.54, 1.807) is 7.11 Å². The Balaban J connectivity index is 2.72. The number of benzene rings is 1. The lowest BCUT2D eigenvalue weighted by molar-refractivity contribution is -0.124. The van der Waals surface area contributed by atoms with Crippen molar-refractivity contribution in [3.63, 3.8) is 0 Å². The minimum absolute atomic E-state index is 0.0168. The number of rotatable bonds is 8. The third-order valence-corrected chi connectivity index (χ3v) is 3.95. The number of hydrogen-bond acceptors (Lipinski definition) is 3. The maximum atomic E-state index is 12.1. The molecule has 1 aromatic rings. The quantitative estimate of drug-likeness (QED) is 0.776. The highest BCUT2D eigenvalue weighted by Crippen LogP contribution is 2.21. The minimum atomic E-state index is -0.598. The number of carbonyl (C=O) groups is 1. The summed E-state index contributed by atoms with van der Waals surface area (Å²) < 4.78 is 5.37. The summed E-state index contributed by atoms with van der Waals surface area (Å²) in [4.78, 5) is 12.1. The predicted molar refractivity (Wildman–Crippen MR) is 88.9 cm³/mol. The molecule has 124 valence electrons. The van der Waals surface area contributed by atoms with Gasteiger partial charge in [-0.1, -0.05) is 45.9 Å². The number of aliphatic hydroxyl groups excluding tert-OH is 1. The van der Waals surface area contributed by atoms with Crippen LogP contribution in [0.3, 0.4) is 0 Å². The molecule has 0 saturated heterocycles. The SMILES string of the molecule is COc1ccccc1CC(NC(=O)CC(O)C(C)C)C(C)C. The Labute approximate surface area is 133 Å². The highest BCUT2D eigenvalue weighted by atomic mass is 16.5. The van der Waals surface area contributed by atoms with Crippen molar-refractivity contribution < 1.29 is 14.6 Å². The summed E-state index contributed by atoms with van der Waals surface area (Å²) in [6.07, 6.45) is 0.261. The van der Waals surface area contributed by atoms with E-state index in [4.69, 9.17) is 4.74 Å². The molecule has 2 atom stereocenters. The largest absolute Gasteiger partial charge is 0.496 e. The van der Waals surface area contributed by atoms with E-state index in [2.05, 4.69) is 19.2 Å². The molecule has 0 aliphatic carbocycles. The van der Waals surface area contributed by atoms with E-state index in [-0.39, 0.29) is 24.3 Å². The van der Waals surface area contributed by atoms with Crippen molar-refractivity contribution in [2.75, 3.05) is 7.11 Å². The Bertz CT molecular complexity index is 471. The van der Waals surface area contributed by atoms with E-state index in [1.807, 2.05) is 38.1 Å². The van der Waals surface area contributed by atoms with Crippen LogP contribution in [-0.2, 0) is 11.2 Å². The zero-order valence-electron chi connectivity index (χ0n) is 14.3. The summed E-state index contributed by atoms with van der Waals surface area (Å²) in [7, 11) is 1.65. The molecule has 0 aliphatic heterocycles. The molecule has 4 heteroatoms. The first-order valence-electron chi connectivity index (χ1n) is 7.94. The monoisotopic (exact) mass is 307 g/mol. The van der Waals surface area contributed by atoms with Gasteiger partial charge in [-0.3, -0.25) is 4.79 Å². The maximum absolute atomic E-state index is 12.1. The van der Waals surface area contributed by atoms with E-state index in [1.165, 1.54) is 0 Å². The molecule has 0 spiro atoms. The van der Waals surface area contributed by atoms with Crippen molar-refractivity contribution in [3.8, 4) is 5.75 Å². The lowest BCUT2D eigenvalue weighted by Crippen LogP contribution is -2.41. The second kappa shape index (κ2) is 8.79. The van der Waals surface area contributed by atoms with Gasteiger partial charge in [0.05, 0.1) is 19.6 Å². The van der Waals surface area contributed by atoms with Crippen LogP contribution in [0.25, 0.3) is 0 Å². The van der Waals surface area contributed by atoms with E-state index in [0.717, 1.165) is 11.3 Å². The zero-order chi connectivity index (χ0) is 16.7. The Hall–Kier alpha value is -1.55. The number of aliphatic hydroxyl groups is 1. The van der Waals surface area contributed by atoms with Gasteiger partial charge in [0.25, 0.3) is 0 Å². The number of ether oxygens (including phenoxy) is 1. The van der Waals surface area contributed by atoms with Crippen molar-refractivity contribution in [3.05, 3.63) is 29.8 Å². The second-order valence-electron chi connectivity index (χ2n) is 6.45. The lowest BCUT2D eigenvalue weighted by atomic mass is 9.95. The first-order chi connectivity index (χ1) is 10.3. The van der Waals surface area contributed by atoms with Gasteiger partial charge in [-0.2, -0.15) is 0 Å². The number of amides is 1. The van der Waals surface area contributed by atoms with Crippen LogP contribution in [0.1, 0.15) is 39.7 Å². The van der Waals surface area contributed by atoms with Crippen LogP contribution in [-0.4, -0.2) is 30.3 Å². The lowest BCUT2D eigenvalue weighted by Gasteiger charge is -2.24. The molecular formula is C18H29NO3. The number of hydrogen-bond donors (Lipinski definition) is 2. The third-order valence-electron chi connectivity index (χ3n) is 3.95. The molecule has 0 radical (unpaired) electrons. The minimum Gasteiger partial charge on any atom is -0.496 e. The summed E-state index contributed by atoms with van der Waals surface area (Å²) >= 11 is 0. The highest BCUT2D eigenvalue weighted by molar-refractivity contribution is 5.76. The summed E-state index contributed by atoms with van der Waals surface area (Å²) in [5.41, 5.74) is 1.08. The molecule has 2 N–H and O–H groups in total. The van der Waals surface area contributed by atoms with Crippen LogP contribution >= 0.6 is 0 Å². The van der Waals surface area contributed by atoms with Crippen LogP contribution < -0.4 is 10.1 Å². The normalized spacial score (nSPS) is 14.0. The molecule has 0 aromatic heterocycles. The van der Waals surface area contributed by atoms with Crippen molar-refractivity contribution in [1.82, 2.24) is 5.32 Å². The van der Waals surface area contributed by atoms with Crippen LogP contribution in [0.5, 0.6) is 5.75 Å².